The SMILES string of the molecule is Cc1cc(S(=O)(=O)Nc2ccsc2)cc(N)c1Cl. The molecule has 0 amide bonds. The van der Waals surface area contributed by atoms with Crippen LogP contribution >= 0.6 is 22.9 Å². The molecule has 0 atom stereocenters. The fraction of sp³-hybridized carbons (Fsp3) is 0.0909. The summed E-state index contributed by atoms with van der Waals surface area (Å²) in [4.78, 5) is 0.105. The normalized spacial score (nSPS) is 11.4. The third kappa shape index (κ3) is 2.60. The largest absolute Gasteiger partial charge is 0.397 e. The van der Waals surface area contributed by atoms with E-state index >= 15 is 0 Å². The Hall–Kier alpha value is -1.24. The van der Waals surface area contributed by atoms with Gasteiger partial charge < -0.3 is 5.73 Å². The molecule has 96 valence electrons. The van der Waals surface area contributed by atoms with Gasteiger partial charge in [-0.15, -0.1) is 0 Å². The summed E-state index contributed by atoms with van der Waals surface area (Å²) in [6, 6.07) is 4.53. The average molecular weight is 303 g/mol. The summed E-state index contributed by atoms with van der Waals surface area (Å²) in [6.07, 6.45) is 0. The molecule has 0 spiro atoms. The molecule has 0 unspecified atom stereocenters. The van der Waals surface area contributed by atoms with Crippen LogP contribution in [-0.2, 0) is 10.0 Å². The van der Waals surface area contributed by atoms with Crippen LogP contribution in [0.15, 0.2) is 33.9 Å². The number of halogens is 1. The average Bonchev–Trinajstić information content (AvgIpc) is 2.77. The van der Waals surface area contributed by atoms with Crippen molar-refractivity contribution < 1.29 is 8.42 Å². The highest BCUT2D eigenvalue weighted by Gasteiger charge is 2.17. The van der Waals surface area contributed by atoms with Gasteiger partial charge in [0.25, 0.3) is 10.0 Å². The van der Waals surface area contributed by atoms with Gasteiger partial charge in [0.2, 0.25) is 0 Å². The highest BCUT2D eigenvalue weighted by Crippen LogP contribution is 2.28. The maximum atomic E-state index is 12.1. The number of hydrogen-bond donors (Lipinski definition) is 2. The van der Waals surface area contributed by atoms with Gasteiger partial charge in [-0.1, -0.05) is 11.6 Å². The fourth-order valence-electron chi connectivity index (χ4n) is 1.45. The Morgan fingerprint density at radius 3 is 2.67 bits per heavy atom. The lowest BCUT2D eigenvalue weighted by atomic mass is 10.2. The van der Waals surface area contributed by atoms with Gasteiger partial charge in [0, 0.05) is 5.38 Å². The minimum atomic E-state index is -3.63. The molecule has 0 bridgehead atoms. The van der Waals surface area contributed by atoms with E-state index in [9.17, 15) is 8.42 Å². The third-order valence-corrected chi connectivity index (χ3v) is 4.90. The number of rotatable bonds is 3. The predicted octanol–water partition coefficient (Wildman–Crippen LogP) is 3.09. The second kappa shape index (κ2) is 4.79. The first-order valence-corrected chi connectivity index (χ1v) is 7.81. The van der Waals surface area contributed by atoms with Gasteiger partial charge in [-0.05, 0) is 36.1 Å². The summed E-state index contributed by atoms with van der Waals surface area (Å²) >= 11 is 7.32. The molecule has 2 aromatic rings. The molecule has 1 heterocycles. The number of nitrogens with one attached hydrogen (secondary N) is 1. The first-order valence-electron chi connectivity index (χ1n) is 5.01. The van der Waals surface area contributed by atoms with E-state index in [-0.39, 0.29) is 10.6 Å². The number of nitrogens with two attached hydrogens (primary N) is 1. The minimum Gasteiger partial charge on any atom is -0.397 e. The maximum Gasteiger partial charge on any atom is 0.262 e. The molecule has 1 aromatic carbocycles. The molecule has 7 heteroatoms. The van der Waals surface area contributed by atoms with E-state index in [1.54, 1.807) is 23.8 Å². The van der Waals surface area contributed by atoms with Gasteiger partial charge in [-0.2, -0.15) is 11.3 Å². The van der Waals surface area contributed by atoms with Gasteiger partial charge in [0.05, 0.1) is 21.3 Å². The Kier molecular flexibility index (Phi) is 3.52. The molecule has 1 aromatic heterocycles. The summed E-state index contributed by atoms with van der Waals surface area (Å²) in [7, 11) is -3.63. The zero-order valence-corrected chi connectivity index (χ0v) is 11.9. The molecule has 4 nitrogen and oxygen atoms in total. The van der Waals surface area contributed by atoms with Crippen molar-refractivity contribution >= 4 is 44.3 Å². The first kappa shape index (κ1) is 13.2. The molecule has 18 heavy (non-hydrogen) atoms. The fourth-order valence-corrected chi connectivity index (χ4v) is 3.40. The molecule has 0 saturated carbocycles. The number of hydrogen-bond acceptors (Lipinski definition) is 4. The van der Waals surface area contributed by atoms with Gasteiger partial charge in [0.1, 0.15) is 0 Å². The number of anilines is 2. The Morgan fingerprint density at radius 1 is 1.39 bits per heavy atom. The van der Waals surface area contributed by atoms with Crippen LogP contribution in [0.25, 0.3) is 0 Å². The molecular weight excluding hydrogens is 292 g/mol. The van der Waals surface area contributed by atoms with Crippen molar-refractivity contribution in [3.63, 3.8) is 0 Å². The standard InChI is InChI=1S/C11H11ClN2O2S2/c1-7-4-9(5-10(13)11(7)12)18(15,16)14-8-2-3-17-6-8/h2-6,14H,13H2,1H3. The molecule has 2 rings (SSSR count). The van der Waals surface area contributed by atoms with Crippen LogP contribution in [0.2, 0.25) is 5.02 Å². The van der Waals surface area contributed by atoms with Crippen LogP contribution in [0.3, 0.4) is 0 Å². The van der Waals surface area contributed by atoms with E-state index in [0.29, 0.717) is 16.3 Å². The summed E-state index contributed by atoms with van der Waals surface area (Å²) < 4.78 is 26.7. The smallest absolute Gasteiger partial charge is 0.262 e. The van der Waals surface area contributed by atoms with Crippen LogP contribution in [0.1, 0.15) is 5.56 Å². The zero-order valence-electron chi connectivity index (χ0n) is 9.48. The third-order valence-electron chi connectivity index (χ3n) is 2.34. The molecule has 0 fully saturated rings. The number of thiophene rings is 1. The van der Waals surface area contributed by atoms with Crippen LogP contribution in [-0.4, -0.2) is 8.42 Å². The van der Waals surface area contributed by atoms with Crippen molar-refractivity contribution in [3.05, 3.63) is 39.5 Å². The topological polar surface area (TPSA) is 72.2 Å². The second-order valence-corrected chi connectivity index (χ2v) is 6.60. The lowest BCUT2D eigenvalue weighted by molar-refractivity contribution is 0.601. The molecule has 0 aliphatic carbocycles. The highest BCUT2D eigenvalue weighted by atomic mass is 35.5. The molecular formula is C11H11ClN2O2S2. The van der Waals surface area contributed by atoms with E-state index in [1.165, 1.54) is 23.5 Å². The van der Waals surface area contributed by atoms with Crippen LogP contribution < -0.4 is 10.5 Å². The first-order chi connectivity index (χ1) is 8.40. The van der Waals surface area contributed by atoms with Gasteiger partial charge in [0.15, 0.2) is 0 Å². The van der Waals surface area contributed by atoms with Crippen molar-refractivity contribution in [2.24, 2.45) is 0 Å². The molecule has 3 N–H and O–H groups in total. The Morgan fingerprint density at radius 2 is 2.11 bits per heavy atom. The van der Waals surface area contributed by atoms with Crippen molar-refractivity contribution in [2.75, 3.05) is 10.5 Å². The van der Waals surface area contributed by atoms with E-state index in [4.69, 9.17) is 17.3 Å². The monoisotopic (exact) mass is 302 g/mol. The number of sulfonamides is 1. The molecule has 0 aliphatic heterocycles. The Bertz CT molecular complexity index is 643. The van der Waals surface area contributed by atoms with E-state index < -0.39 is 10.0 Å². The lowest BCUT2D eigenvalue weighted by Gasteiger charge is -2.09. The van der Waals surface area contributed by atoms with E-state index in [1.807, 2.05) is 0 Å². The Labute approximate surface area is 114 Å². The summed E-state index contributed by atoms with van der Waals surface area (Å²) in [5.41, 5.74) is 7.08. The van der Waals surface area contributed by atoms with Gasteiger partial charge in [-0.25, -0.2) is 8.42 Å². The van der Waals surface area contributed by atoms with Crippen LogP contribution in [0, 0.1) is 6.92 Å². The number of nitrogen functional groups attached to an aromatic ring is 1. The van der Waals surface area contributed by atoms with E-state index in [0.717, 1.165) is 0 Å². The molecule has 0 saturated heterocycles. The zero-order chi connectivity index (χ0) is 13.3. The van der Waals surface area contributed by atoms with Crippen LogP contribution in [0.5, 0.6) is 0 Å². The number of benzene rings is 1. The van der Waals surface area contributed by atoms with Crippen molar-refractivity contribution in [1.82, 2.24) is 0 Å². The summed E-state index contributed by atoms with van der Waals surface area (Å²) in [5.74, 6) is 0. The Balaban J connectivity index is 2.42. The summed E-state index contributed by atoms with van der Waals surface area (Å²) in [6.45, 7) is 1.71. The summed E-state index contributed by atoms with van der Waals surface area (Å²) in [5, 5.41) is 3.88. The predicted molar refractivity (Wildman–Crippen MR) is 75.7 cm³/mol. The minimum absolute atomic E-state index is 0.105. The maximum absolute atomic E-state index is 12.1. The van der Waals surface area contributed by atoms with Gasteiger partial charge >= 0.3 is 0 Å². The molecule has 0 radical (unpaired) electrons. The van der Waals surface area contributed by atoms with Crippen molar-refractivity contribution in [2.45, 2.75) is 11.8 Å². The highest BCUT2D eigenvalue weighted by molar-refractivity contribution is 7.92. The lowest BCUT2D eigenvalue weighted by Crippen LogP contribution is -2.13. The second-order valence-electron chi connectivity index (χ2n) is 3.76. The number of aryl methyl sites for hydroxylation is 1. The quantitative estimate of drug-likeness (QED) is 0.856. The van der Waals surface area contributed by atoms with Gasteiger partial charge in [-0.3, -0.25) is 4.72 Å². The van der Waals surface area contributed by atoms with Crippen LogP contribution in [0.4, 0.5) is 11.4 Å². The molecule has 0 aliphatic rings. The van der Waals surface area contributed by atoms with Crippen molar-refractivity contribution in [1.29, 1.82) is 0 Å². The van der Waals surface area contributed by atoms with E-state index in [2.05, 4.69) is 4.72 Å². The van der Waals surface area contributed by atoms with Crippen molar-refractivity contribution in [3.8, 4) is 0 Å².